The van der Waals surface area contributed by atoms with Gasteiger partial charge in [0, 0.05) is 12.2 Å². The molecule has 2 heterocycles. The number of aromatic nitrogens is 3. The summed E-state index contributed by atoms with van der Waals surface area (Å²) in [6.45, 7) is -0.154. The van der Waals surface area contributed by atoms with Crippen LogP contribution in [0, 0.1) is 0 Å². The van der Waals surface area contributed by atoms with Gasteiger partial charge < -0.3 is 18.4 Å². The summed E-state index contributed by atoms with van der Waals surface area (Å²) in [6.07, 6.45) is 2.67. The molecule has 4 rings (SSSR count). The third-order valence-electron chi connectivity index (χ3n) is 3.83. The highest BCUT2D eigenvalue weighted by Gasteiger charge is 2.13. The largest absolute Gasteiger partial charge is 0.496 e. The number of ether oxygens (including phenoxy) is 2. The fraction of sp³-hybridized carbons (Fsp3) is 0.100. The van der Waals surface area contributed by atoms with Crippen LogP contribution < -0.4 is 4.74 Å². The fourth-order valence-electron chi connectivity index (χ4n) is 2.53. The number of carbonyl (C=O) groups excluding carboxylic acids is 1. The summed E-state index contributed by atoms with van der Waals surface area (Å²) in [5, 5.41) is 3.89. The molecule has 2 aromatic heterocycles. The van der Waals surface area contributed by atoms with E-state index in [0.29, 0.717) is 34.1 Å². The molecule has 0 amide bonds. The van der Waals surface area contributed by atoms with Gasteiger partial charge in [-0.3, -0.25) is 0 Å². The Bertz CT molecular complexity index is 1110. The van der Waals surface area contributed by atoms with Gasteiger partial charge in [0.15, 0.2) is 12.2 Å². The van der Waals surface area contributed by atoms with Crippen LogP contribution in [0.3, 0.4) is 0 Å². The van der Waals surface area contributed by atoms with Crippen molar-refractivity contribution in [1.29, 1.82) is 0 Å². The first-order chi connectivity index (χ1) is 13.7. The Morgan fingerprint density at radius 3 is 2.79 bits per heavy atom. The van der Waals surface area contributed by atoms with Gasteiger partial charge in [-0.1, -0.05) is 29.4 Å². The summed E-state index contributed by atoms with van der Waals surface area (Å²) >= 11 is 0. The van der Waals surface area contributed by atoms with Gasteiger partial charge in [0.2, 0.25) is 11.7 Å². The van der Waals surface area contributed by atoms with E-state index in [9.17, 15) is 4.79 Å². The maximum atomic E-state index is 11.9. The van der Waals surface area contributed by atoms with Crippen molar-refractivity contribution in [2.75, 3.05) is 7.11 Å². The number of rotatable bonds is 6. The quantitative estimate of drug-likeness (QED) is 0.371. The van der Waals surface area contributed by atoms with Crippen LogP contribution in [0.25, 0.3) is 28.6 Å². The first-order valence-corrected chi connectivity index (χ1v) is 8.39. The van der Waals surface area contributed by atoms with Gasteiger partial charge in [0.25, 0.3) is 5.89 Å². The summed E-state index contributed by atoms with van der Waals surface area (Å²) in [7, 11) is 1.56. The minimum Gasteiger partial charge on any atom is -0.496 e. The molecule has 0 aliphatic rings. The maximum Gasteiger partial charge on any atom is 0.331 e. The summed E-state index contributed by atoms with van der Waals surface area (Å²) in [6, 6.07) is 14.6. The van der Waals surface area contributed by atoms with Crippen molar-refractivity contribution in [3.63, 3.8) is 0 Å². The summed E-state index contributed by atoms with van der Waals surface area (Å²) in [5.74, 6) is 0.872. The number of para-hydroxylation sites is 3. The fourth-order valence-corrected chi connectivity index (χ4v) is 2.53. The van der Waals surface area contributed by atoms with Crippen LogP contribution in [0.5, 0.6) is 5.75 Å². The zero-order valence-electron chi connectivity index (χ0n) is 14.9. The monoisotopic (exact) mass is 377 g/mol. The third-order valence-corrected chi connectivity index (χ3v) is 3.83. The van der Waals surface area contributed by atoms with Crippen molar-refractivity contribution in [3.8, 4) is 17.1 Å². The van der Waals surface area contributed by atoms with Gasteiger partial charge in [-0.05, 0) is 24.3 Å². The van der Waals surface area contributed by atoms with Gasteiger partial charge in [0.05, 0.1) is 12.7 Å². The van der Waals surface area contributed by atoms with E-state index in [1.54, 1.807) is 19.2 Å². The van der Waals surface area contributed by atoms with Crippen LogP contribution in [-0.4, -0.2) is 28.2 Å². The number of hydrogen-bond acceptors (Lipinski definition) is 8. The topological polar surface area (TPSA) is 100 Å². The van der Waals surface area contributed by atoms with Crippen LogP contribution in [0.1, 0.15) is 11.8 Å². The predicted molar refractivity (Wildman–Crippen MR) is 99.1 cm³/mol. The lowest BCUT2D eigenvalue weighted by molar-refractivity contribution is -0.139. The summed E-state index contributed by atoms with van der Waals surface area (Å²) in [5.41, 5.74) is 2.04. The summed E-state index contributed by atoms with van der Waals surface area (Å²) < 4.78 is 21.0. The number of fused-ring (bicyclic) bond motifs is 1. The molecule has 0 saturated heterocycles. The van der Waals surface area contributed by atoms with E-state index in [1.165, 1.54) is 12.2 Å². The van der Waals surface area contributed by atoms with E-state index in [2.05, 4.69) is 15.1 Å². The van der Waals surface area contributed by atoms with Crippen molar-refractivity contribution in [1.82, 2.24) is 15.1 Å². The molecule has 140 valence electrons. The van der Waals surface area contributed by atoms with Gasteiger partial charge in [-0.2, -0.15) is 4.98 Å². The zero-order chi connectivity index (χ0) is 19.3. The first-order valence-electron chi connectivity index (χ1n) is 8.39. The average Bonchev–Trinajstić information content (AvgIpc) is 3.37. The Kier molecular flexibility index (Phi) is 4.83. The normalized spacial score (nSPS) is 11.2. The van der Waals surface area contributed by atoms with E-state index < -0.39 is 5.97 Å². The van der Waals surface area contributed by atoms with Gasteiger partial charge >= 0.3 is 5.97 Å². The minimum atomic E-state index is -0.584. The van der Waals surface area contributed by atoms with Crippen LogP contribution in [0.2, 0.25) is 0 Å². The SMILES string of the molecule is COc1ccccc1-c1noc(COC(=O)/C=C/c2nc3ccccc3o2)n1. The number of methoxy groups -OCH3 is 1. The molecule has 2 aromatic carbocycles. The van der Waals surface area contributed by atoms with E-state index in [0.717, 1.165) is 0 Å². The number of esters is 1. The molecule has 0 aliphatic carbocycles. The van der Waals surface area contributed by atoms with Crippen LogP contribution in [-0.2, 0) is 16.1 Å². The van der Waals surface area contributed by atoms with Gasteiger partial charge in [0.1, 0.15) is 11.3 Å². The van der Waals surface area contributed by atoms with Gasteiger partial charge in [-0.15, -0.1) is 0 Å². The molecular formula is C20H15N3O5. The molecular weight excluding hydrogens is 362 g/mol. The highest BCUT2D eigenvalue weighted by Crippen LogP contribution is 2.27. The standard InChI is InChI=1S/C20H15N3O5/c1-25-15-8-4-2-6-13(15)20-22-18(28-23-20)12-26-19(24)11-10-17-21-14-7-3-5-9-16(14)27-17/h2-11H,12H2,1H3/b11-10+. The molecule has 0 spiro atoms. The van der Waals surface area contributed by atoms with Crippen molar-refractivity contribution in [2.45, 2.75) is 6.61 Å². The second-order valence-corrected chi connectivity index (χ2v) is 5.67. The number of oxazole rings is 1. The lowest BCUT2D eigenvalue weighted by Gasteiger charge is -2.03. The Morgan fingerprint density at radius 2 is 1.93 bits per heavy atom. The molecule has 0 saturated carbocycles. The molecule has 8 nitrogen and oxygen atoms in total. The number of nitrogens with zero attached hydrogens (tertiary/aromatic N) is 3. The van der Waals surface area contributed by atoms with Gasteiger partial charge in [-0.25, -0.2) is 9.78 Å². The molecule has 0 aliphatic heterocycles. The number of carbonyl (C=O) groups is 1. The third kappa shape index (κ3) is 3.75. The Hall–Kier alpha value is -3.94. The lowest BCUT2D eigenvalue weighted by atomic mass is 10.2. The molecule has 0 radical (unpaired) electrons. The van der Waals surface area contributed by atoms with Crippen molar-refractivity contribution in [2.24, 2.45) is 0 Å². The average molecular weight is 377 g/mol. The molecule has 4 aromatic rings. The van der Waals surface area contributed by atoms with Crippen LogP contribution >= 0.6 is 0 Å². The van der Waals surface area contributed by atoms with Crippen LogP contribution in [0.4, 0.5) is 0 Å². The zero-order valence-corrected chi connectivity index (χ0v) is 14.9. The van der Waals surface area contributed by atoms with Crippen molar-refractivity contribution >= 4 is 23.1 Å². The molecule has 0 fully saturated rings. The molecule has 0 bridgehead atoms. The van der Waals surface area contributed by atoms with E-state index in [1.807, 2.05) is 36.4 Å². The predicted octanol–water partition coefficient (Wildman–Crippen LogP) is 3.64. The Balaban J connectivity index is 1.38. The highest BCUT2D eigenvalue weighted by molar-refractivity contribution is 5.86. The number of benzene rings is 2. The minimum absolute atomic E-state index is 0.154. The Morgan fingerprint density at radius 1 is 1.11 bits per heavy atom. The molecule has 0 unspecified atom stereocenters. The second-order valence-electron chi connectivity index (χ2n) is 5.67. The highest BCUT2D eigenvalue weighted by atomic mass is 16.6. The van der Waals surface area contributed by atoms with Crippen LogP contribution in [0.15, 0.2) is 63.5 Å². The molecule has 28 heavy (non-hydrogen) atoms. The first kappa shape index (κ1) is 17.5. The number of hydrogen-bond donors (Lipinski definition) is 0. The smallest absolute Gasteiger partial charge is 0.331 e. The van der Waals surface area contributed by atoms with E-state index >= 15 is 0 Å². The van der Waals surface area contributed by atoms with E-state index in [-0.39, 0.29) is 12.5 Å². The second kappa shape index (κ2) is 7.75. The maximum absolute atomic E-state index is 11.9. The Labute approximate surface area is 159 Å². The summed E-state index contributed by atoms with van der Waals surface area (Å²) in [4.78, 5) is 20.4. The molecule has 0 atom stereocenters. The van der Waals surface area contributed by atoms with Crippen molar-refractivity contribution < 1.29 is 23.2 Å². The lowest BCUT2D eigenvalue weighted by Crippen LogP contribution is -2.01. The molecule has 0 N–H and O–H groups in total. The molecule has 8 heteroatoms. The van der Waals surface area contributed by atoms with Crippen molar-refractivity contribution in [3.05, 3.63) is 66.4 Å². The van der Waals surface area contributed by atoms with E-state index in [4.69, 9.17) is 18.4 Å².